The number of nitrogens with zero attached hydrogens (tertiary/aromatic N) is 1. The number of methoxy groups -OCH3 is 1. The minimum Gasteiger partial charge on any atom is -0.496 e. The van der Waals surface area contributed by atoms with Crippen molar-refractivity contribution >= 4 is 11.6 Å². The zero-order valence-corrected chi connectivity index (χ0v) is 11.2. The van der Waals surface area contributed by atoms with Gasteiger partial charge in [0.1, 0.15) is 5.75 Å². The van der Waals surface area contributed by atoms with Gasteiger partial charge in [-0.25, -0.2) is 0 Å². The Morgan fingerprint density at radius 1 is 1.55 bits per heavy atom. The van der Waals surface area contributed by atoms with Crippen molar-refractivity contribution in [3.05, 3.63) is 33.9 Å². The number of rotatable bonds is 4. The molecule has 1 fully saturated rings. The van der Waals surface area contributed by atoms with E-state index < -0.39 is 4.92 Å². The number of hydrogen-bond donors (Lipinski definition) is 2. The molecule has 0 bridgehead atoms. The minimum absolute atomic E-state index is 0.0798. The van der Waals surface area contributed by atoms with Gasteiger partial charge in [-0.1, -0.05) is 0 Å². The second-order valence-corrected chi connectivity index (χ2v) is 4.66. The van der Waals surface area contributed by atoms with Crippen molar-refractivity contribution in [2.45, 2.75) is 18.9 Å². The number of nitro groups is 1. The zero-order valence-electron chi connectivity index (χ0n) is 11.2. The van der Waals surface area contributed by atoms with Crippen molar-refractivity contribution in [1.29, 1.82) is 0 Å². The SMILES string of the molecule is COc1cc([N+](=O)[O-])ccc1C(=O)NC1CCCNC1. The lowest BCUT2D eigenvalue weighted by atomic mass is 10.1. The van der Waals surface area contributed by atoms with Crippen LogP contribution in [0.4, 0.5) is 5.69 Å². The van der Waals surface area contributed by atoms with Crippen LogP contribution in [-0.2, 0) is 0 Å². The van der Waals surface area contributed by atoms with E-state index in [1.54, 1.807) is 0 Å². The molecule has 20 heavy (non-hydrogen) atoms. The number of nitro benzene ring substituents is 1. The number of non-ortho nitro benzene ring substituents is 1. The lowest BCUT2D eigenvalue weighted by Crippen LogP contribution is -2.45. The van der Waals surface area contributed by atoms with Gasteiger partial charge in [-0.05, 0) is 25.5 Å². The summed E-state index contributed by atoms with van der Waals surface area (Å²) in [5, 5.41) is 16.8. The van der Waals surface area contributed by atoms with Crippen molar-refractivity contribution in [1.82, 2.24) is 10.6 Å². The lowest BCUT2D eigenvalue weighted by Gasteiger charge is -2.24. The minimum atomic E-state index is -0.519. The number of ether oxygens (including phenoxy) is 1. The molecule has 1 unspecified atom stereocenters. The van der Waals surface area contributed by atoms with E-state index in [1.807, 2.05) is 0 Å². The Morgan fingerprint density at radius 2 is 2.35 bits per heavy atom. The van der Waals surface area contributed by atoms with Crippen LogP contribution in [0.25, 0.3) is 0 Å². The smallest absolute Gasteiger partial charge is 0.273 e. The van der Waals surface area contributed by atoms with Crippen molar-refractivity contribution in [2.24, 2.45) is 0 Å². The molecule has 7 nitrogen and oxygen atoms in total. The van der Waals surface area contributed by atoms with Gasteiger partial charge in [0, 0.05) is 18.7 Å². The average Bonchev–Trinajstić information content (AvgIpc) is 2.47. The van der Waals surface area contributed by atoms with E-state index in [9.17, 15) is 14.9 Å². The van der Waals surface area contributed by atoms with Crippen molar-refractivity contribution in [2.75, 3.05) is 20.2 Å². The molecule has 1 aromatic carbocycles. The molecule has 1 atom stereocenters. The topological polar surface area (TPSA) is 93.5 Å². The molecule has 0 aromatic heterocycles. The second-order valence-electron chi connectivity index (χ2n) is 4.66. The molecule has 7 heteroatoms. The van der Waals surface area contributed by atoms with Crippen molar-refractivity contribution in [3.8, 4) is 5.75 Å². The largest absolute Gasteiger partial charge is 0.496 e. The van der Waals surface area contributed by atoms with Crippen LogP contribution in [0.5, 0.6) is 5.75 Å². The van der Waals surface area contributed by atoms with Crippen LogP contribution < -0.4 is 15.4 Å². The first kappa shape index (κ1) is 14.3. The van der Waals surface area contributed by atoms with E-state index in [0.29, 0.717) is 5.56 Å². The molecule has 0 spiro atoms. The predicted octanol–water partition coefficient (Wildman–Crippen LogP) is 1.09. The second kappa shape index (κ2) is 6.33. The third kappa shape index (κ3) is 3.24. The molecule has 0 aliphatic carbocycles. The molecular weight excluding hydrogens is 262 g/mol. The summed E-state index contributed by atoms with van der Waals surface area (Å²) < 4.78 is 5.07. The highest BCUT2D eigenvalue weighted by molar-refractivity contribution is 5.97. The third-order valence-corrected chi connectivity index (χ3v) is 3.27. The van der Waals surface area contributed by atoms with Crippen LogP contribution in [0.2, 0.25) is 0 Å². The number of carbonyl (C=O) groups excluding carboxylic acids is 1. The molecule has 1 heterocycles. The number of carbonyl (C=O) groups is 1. The van der Waals surface area contributed by atoms with Gasteiger partial charge in [0.15, 0.2) is 0 Å². The molecule has 2 N–H and O–H groups in total. The molecule has 1 amide bonds. The monoisotopic (exact) mass is 279 g/mol. The van der Waals surface area contributed by atoms with Gasteiger partial charge >= 0.3 is 0 Å². The van der Waals surface area contributed by atoms with Crippen molar-refractivity contribution in [3.63, 3.8) is 0 Å². The Kier molecular flexibility index (Phi) is 4.52. The highest BCUT2D eigenvalue weighted by Crippen LogP contribution is 2.24. The third-order valence-electron chi connectivity index (χ3n) is 3.27. The average molecular weight is 279 g/mol. The summed E-state index contributed by atoms with van der Waals surface area (Å²) in [6.07, 6.45) is 1.94. The van der Waals surface area contributed by atoms with Gasteiger partial charge in [-0.15, -0.1) is 0 Å². The van der Waals surface area contributed by atoms with E-state index in [4.69, 9.17) is 4.74 Å². The Morgan fingerprint density at radius 3 is 2.95 bits per heavy atom. The van der Waals surface area contributed by atoms with Crippen LogP contribution in [0, 0.1) is 10.1 Å². The fourth-order valence-electron chi connectivity index (χ4n) is 2.22. The molecule has 2 rings (SSSR count). The van der Waals surface area contributed by atoms with Gasteiger partial charge in [-0.2, -0.15) is 0 Å². The predicted molar refractivity (Wildman–Crippen MR) is 73.0 cm³/mol. The quantitative estimate of drug-likeness (QED) is 0.635. The molecule has 1 aliphatic rings. The van der Waals surface area contributed by atoms with E-state index in [2.05, 4.69) is 10.6 Å². The first-order chi connectivity index (χ1) is 9.61. The van der Waals surface area contributed by atoms with Gasteiger partial charge in [-0.3, -0.25) is 14.9 Å². The number of piperidine rings is 1. The van der Waals surface area contributed by atoms with Gasteiger partial charge < -0.3 is 15.4 Å². The number of hydrogen-bond acceptors (Lipinski definition) is 5. The fraction of sp³-hybridized carbons (Fsp3) is 0.462. The number of benzene rings is 1. The molecule has 108 valence electrons. The molecule has 1 aliphatic heterocycles. The Labute approximate surface area is 116 Å². The van der Waals surface area contributed by atoms with E-state index in [1.165, 1.54) is 25.3 Å². The maximum Gasteiger partial charge on any atom is 0.273 e. The molecule has 0 radical (unpaired) electrons. The normalized spacial score (nSPS) is 18.4. The molecular formula is C13H17N3O4. The van der Waals surface area contributed by atoms with Crippen LogP contribution in [0.1, 0.15) is 23.2 Å². The number of amides is 1. The van der Waals surface area contributed by atoms with E-state index in [0.717, 1.165) is 25.9 Å². The van der Waals surface area contributed by atoms with Gasteiger partial charge in [0.25, 0.3) is 11.6 Å². The number of nitrogens with one attached hydrogen (secondary N) is 2. The molecule has 1 saturated heterocycles. The summed E-state index contributed by atoms with van der Waals surface area (Å²) in [7, 11) is 1.39. The van der Waals surface area contributed by atoms with Crippen LogP contribution >= 0.6 is 0 Å². The summed E-state index contributed by atoms with van der Waals surface area (Å²) >= 11 is 0. The maximum atomic E-state index is 12.2. The zero-order chi connectivity index (χ0) is 14.5. The van der Waals surface area contributed by atoms with Crippen molar-refractivity contribution < 1.29 is 14.5 Å². The highest BCUT2D eigenvalue weighted by Gasteiger charge is 2.20. The standard InChI is InChI=1S/C13H17N3O4/c1-20-12-7-10(16(18)19)4-5-11(12)13(17)15-9-3-2-6-14-8-9/h4-5,7,9,14H,2-3,6,8H2,1H3,(H,15,17). The summed E-state index contributed by atoms with van der Waals surface area (Å²) in [6.45, 7) is 1.70. The first-order valence-corrected chi connectivity index (χ1v) is 6.46. The summed E-state index contributed by atoms with van der Waals surface area (Å²) in [4.78, 5) is 22.4. The van der Waals surface area contributed by atoms with E-state index in [-0.39, 0.29) is 23.4 Å². The first-order valence-electron chi connectivity index (χ1n) is 6.46. The van der Waals surface area contributed by atoms with Crippen LogP contribution in [0.3, 0.4) is 0 Å². The highest BCUT2D eigenvalue weighted by atomic mass is 16.6. The summed E-state index contributed by atoms with van der Waals surface area (Å²) in [5.41, 5.74) is 0.210. The summed E-state index contributed by atoms with van der Waals surface area (Å²) in [6, 6.07) is 4.06. The molecule has 0 saturated carbocycles. The van der Waals surface area contributed by atoms with Crippen LogP contribution in [0.15, 0.2) is 18.2 Å². The van der Waals surface area contributed by atoms with Crippen LogP contribution in [-0.4, -0.2) is 37.1 Å². The fourth-order valence-corrected chi connectivity index (χ4v) is 2.22. The van der Waals surface area contributed by atoms with Gasteiger partial charge in [0.2, 0.25) is 0 Å². The summed E-state index contributed by atoms with van der Waals surface area (Å²) in [5.74, 6) is -0.0640. The van der Waals surface area contributed by atoms with E-state index >= 15 is 0 Å². The maximum absolute atomic E-state index is 12.2. The Hall–Kier alpha value is -2.15. The lowest BCUT2D eigenvalue weighted by molar-refractivity contribution is -0.384. The molecule has 1 aromatic rings. The Balaban J connectivity index is 2.14. The Bertz CT molecular complexity index is 512. The van der Waals surface area contributed by atoms with Gasteiger partial charge in [0.05, 0.1) is 23.7 Å².